The fraction of sp³-hybridized carbons (Fsp3) is 0.692. The molecule has 0 spiro atoms. The van der Waals surface area contributed by atoms with Gasteiger partial charge in [0.25, 0.3) is 51.8 Å². The van der Waals surface area contributed by atoms with Crippen LogP contribution in [0.5, 0.6) is 0 Å². The first-order valence-electron chi connectivity index (χ1n) is 23.4. The Labute approximate surface area is 561 Å². The lowest BCUT2D eigenvalue weighted by Crippen LogP contribution is -2.20. The number of hydrogen-bond acceptors (Lipinski definition) is 37. The average molecular weight is 1450 g/mol. The van der Waals surface area contributed by atoms with Gasteiger partial charge in [-0.25, -0.2) is 43.3 Å². The van der Waals surface area contributed by atoms with Crippen molar-refractivity contribution >= 4 is 99.5 Å². The SMILES string of the molecule is C.C.C.C.C.C.C.C.CC(OC=O)OCC(=O)O.CC(OCOC=O)C(=O)O.O=COCOCC(=O)O.O=COCOCC(=O)O.O=COCOCCOCC(=O)O.O=COCOCCOCC(=O)O.O=COCOCCOCC(=O)O.O=COCOCCOOCCCC(=O)O. The first kappa shape index (κ1) is 128. The lowest BCUT2D eigenvalue weighted by atomic mass is 10.3. The van der Waals surface area contributed by atoms with E-state index >= 15 is 0 Å². The third-order valence-corrected chi connectivity index (χ3v) is 6.06. The monoisotopic (exact) mass is 1450 g/mol. The molecule has 0 aliphatic carbocycles. The summed E-state index contributed by atoms with van der Waals surface area (Å²) in [5.74, 6) is -8.32. The predicted octanol–water partition coefficient (Wildman–Crippen LogP) is 0.389. The molecule has 0 saturated carbocycles. The quantitative estimate of drug-likeness (QED) is 0.0102. The van der Waals surface area contributed by atoms with Gasteiger partial charge in [0, 0.05) is 6.42 Å². The second-order valence-corrected chi connectivity index (χ2v) is 12.9. The summed E-state index contributed by atoms with van der Waals surface area (Å²) >= 11 is 0. The number of hydrogen-bond donors (Lipinski definition) is 8. The lowest BCUT2D eigenvalue weighted by Gasteiger charge is -2.07. The number of aliphatic carboxylic acids is 8. The van der Waals surface area contributed by atoms with E-state index in [1.807, 2.05) is 0 Å². The van der Waals surface area contributed by atoms with Crippen molar-refractivity contribution in [2.75, 3.05) is 147 Å². The van der Waals surface area contributed by atoms with Gasteiger partial charge in [0.1, 0.15) is 46.2 Å². The van der Waals surface area contributed by atoms with Crippen LogP contribution in [0.3, 0.4) is 0 Å². The van der Waals surface area contributed by atoms with Gasteiger partial charge in [-0.05, 0) is 20.3 Å². The molecule has 2 unspecified atom stereocenters. The minimum Gasteiger partial charge on any atom is -0.481 e. The van der Waals surface area contributed by atoms with E-state index in [1.165, 1.54) is 13.8 Å². The van der Waals surface area contributed by atoms with Gasteiger partial charge < -0.3 is 131 Å². The molecule has 0 saturated heterocycles. The Morgan fingerprint density at radius 3 is 0.794 bits per heavy atom. The first-order chi connectivity index (χ1) is 42.5. The second-order valence-electron chi connectivity index (χ2n) is 12.9. The zero-order valence-electron chi connectivity index (χ0n) is 47.4. The van der Waals surface area contributed by atoms with Crippen molar-refractivity contribution in [3.63, 3.8) is 0 Å². The molecule has 97 heavy (non-hydrogen) atoms. The molecule has 0 amide bonds. The summed E-state index contributed by atoms with van der Waals surface area (Å²) in [5, 5.41) is 64.8. The zero-order valence-corrected chi connectivity index (χ0v) is 47.4. The molecular weight excluding hydrogens is 1340 g/mol. The van der Waals surface area contributed by atoms with Gasteiger partial charge in [0.2, 0.25) is 6.29 Å². The van der Waals surface area contributed by atoms with Gasteiger partial charge in [0.15, 0.2) is 53.7 Å². The first-order valence-corrected chi connectivity index (χ1v) is 23.4. The van der Waals surface area contributed by atoms with Gasteiger partial charge in [-0.3, -0.25) is 43.2 Å². The maximum absolute atomic E-state index is 10.1. The van der Waals surface area contributed by atoms with Crippen LogP contribution in [0, 0.1) is 0 Å². The number of ether oxygens (including phenoxy) is 19. The fourth-order valence-corrected chi connectivity index (χ4v) is 2.82. The third kappa shape index (κ3) is 181. The Morgan fingerprint density at radius 1 is 0.289 bits per heavy atom. The molecule has 2 atom stereocenters. The van der Waals surface area contributed by atoms with Gasteiger partial charge in [-0.1, -0.05) is 59.4 Å². The molecule has 0 aromatic rings. The highest BCUT2D eigenvalue weighted by Gasteiger charge is 2.10. The Morgan fingerprint density at radius 2 is 0.536 bits per heavy atom. The van der Waals surface area contributed by atoms with E-state index in [-0.39, 0.29) is 244 Å². The molecule has 45 nitrogen and oxygen atoms in total. The lowest BCUT2D eigenvalue weighted by molar-refractivity contribution is -0.300. The van der Waals surface area contributed by atoms with Gasteiger partial charge in [-0.2, -0.15) is 0 Å². The predicted molar refractivity (Wildman–Crippen MR) is 321 cm³/mol. The molecule has 0 bridgehead atoms. The third-order valence-electron chi connectivity index (χ3n) is 6.06. The molecule has 0 radical (unpaired) electrons. The maximum Gasteiger partial charge on any atom is 0.332 e. The summed E-state index contributed by atoms with van der Waals surface area (Å²) in [7, 11) is 0. The van der Waals surface area contributed by atoms with E-state index < -0.39 is 80.0 Å². The summed E-state index contributed by atoms with van der Waals surface area (Å²) in [6.45, 7) is 2.41. The Kier molecular flexibility index (Phi) is 156. The molecule has 0 fully saturated rings. The Hall–Kier alpha value is -9.00. The van der Waals surface area contributed by atoms with Crippen molar-refractivity contribution in [1.82, 2.24) is 0 Å². The molecule has 0 aromatic carbocycles. The van der Waals surface area contributed by atoms with Crippen LogP contribution in [0.2, 0.25) is 0 Å². The van der Waals surface area contributed by atoms with E-state index in [1.54, 1.807) is 0 Å². The number of rotatable bonds is 55. The van der Waals surface area contributed by atoms with E-state index in [0.717, 1.165) is 0 Å². The molecule has 582 valence electrons. The molecule has 0 aromatic heterocycles. The second kappa shape index (κ2) is 118. The summed E-state index contributed by atoms with van der Waals surface area (Å²) in [5.41, 5.74) is 0. The highest BCUT2D eigenvalue weighted by Crippen LogP contribution is 1.92. The zero-order chi connectivity index (χ0) is 69.3. The molecule has 0 aliphatic rings. The molecule has 0 heterocycles. The summed E-state index contributed by atoms with van der Waals surface area (Å²) < 4.78 is 83.3. The van der Waals surface area contributed by atoms with Crippen molar-refractivity contribution in [3.05, 3.63) is 0 Å². The van der Waals surface area contributed by atoms with Gasteiger partial charge in [0.05, 0.1) is 52.9 Å². The standard InChI is InChI=1S/C8H14O7.3C6H10O6.2C5H8O5.2C4H6O5.8CH4/c9-6-13-7-12-4-5-15-14-3-1-2-8(10)11;3*7-4-12-5-11-2-1-10-3-6(8)9;1-4(5(7)8)10-3-9-2-6;1-4(10-3-6)9-2-5(7)8;2*5-2-9-3-8-1-4(6)7;;;;;;;;/h6H,1-5,7H2,(H,10,11);3*4H,1-3,5H2,(H,8,9);2,4H,3H2,1H3,(H,7,8);3-4H,2H2,1H3,(H,7,8);2*2H,1,3H2,(H,6,7);8*1H4. The minimum atomic E-state index is -1.10. The number of carbonyl (C=O) groups excluding carboxylic acids is 8. The van der Waals surface area contributed by atoms with Crippen LogP contribution in [0.1, 0.15) is 86.1 Å². The minimum absolute atomic E-state index is 0. The van der Waals surface area contributed by atoms with E-state index in [2.05, 4.69) is 95.0 Å². The highest BCUT2D eigenvalue weighted by atomic mass is 17.2. The fourth-order valence-electron chi connectivity index (χ4n) is 2.82. The molecule has 45 heteroatoms. The van der Waals surface area contributed by atoms with Crippen molar-refractivity contribution in [3.8, 4) is 0 Å². The number of carboxylic acid groups (broad SMARTS) is 8. The summed E-state index contributed by atoms with van der Waals surface area (Å²) in [6, 6.07) is 0. The molecule has 8 N–H and O–H groups in total. The molecule has 0 aliphatic heterocycles. The van der Waals surface area contributed by atoms with Crippen LogP contribution < -0.4 is 0 Å². The normalized spacial score (nSPS) is 9.05. The number of carbonyl (C=O) groups is 16. The maximum atomic E-state index is 10.1. The van der Waals surface area contributed by atoms with Crippen LogP contribution in [0.4, 0.5) is 0 Å². The Bertz CT molecular complexity index is 1650. The van der Waals surface area contributed by atoms with E-state index in [4.69, 9.17) is 45.6 Å². The van der Waals surface area contributed by atoms with Crippen LogP contribution >= 0.6 is 0 Å². The smallest absolute Gasteiger partial charge is 0.332 e. The van der Waals surface area contributed by atoms with Crippen molar-refractivity contribution in [2.45, 2.75) is 98.5 Å². The van der Waals surface area contributed by atoms with Crippen LogP contribution in [0.25, 0.3) is 0 Å². The summed E-state index contributed by atoms with van der Waals surface area (Å²) in [6.07, 6.45) is -1.30. The van der Waals surface area contributed by atoms with E-state index in [9.17, 15) is 76.7 Å². The van der Waals surface area contributed by atoms with Crippen LogP contribution in [-0.2, 0) is 176 Å². The van der Waals surface area contributed by atoms with Gasteiger partial charge >= 0.3 is 47.8 Å². The van der Waals surface area contributed by atoms with Crippen LogP contribution in [-0.4, -0.2) is 299 Å². The largest absolute Gasteiger partial charge is 0.481 e. The molecule has 0 rings (SSSR count). The van der Waals surface area contributed by atoms with Crippen molar-refractivity contribution in [2.24, 2.45) is 0 Å². The summed E-state index contributed by atoms with van der Waals surface area (Å²) in [4.78, 5) is 165. The molecular formula is C52H104O45. The topological polar surface area (TPSA) is 629 Å². The van der Waals surface area contributed by atoms with Crippen molar-refractivity contribution in [1.29, 1.82) is 0 Å². The van der Waals surface area contributed by atoms with E-state index in [0.29, 0.717) is 6.42 Å². The van der Waals surface area contributed by atoms with Gasteiger partial charge in [-0.15, -0.1) is 0 Å². The van der Waals surface area contributed by atoms with Crippen molar-refractivity contribution < 1.29 is 217 Å². The van der Waals surface area contributed by atoms with Crippen LogP contribution in [0.15, 0.2) is 0 Å². The highest BCUT2D eigenvalue weighted by molar-refractivity contribution is 5.71. The number of carboxylic acids is 8. The average Bonchev–Trinajstić information content (AvgIpc) is 3.63. The Balaban J connectivity index is -0.0000000548.